The largest absolute Gasteiger partial charge is 0.341 e. The summed E-state index contributed by atoms with van der Waals surface area (Å²) >= 11 is 3.57. The molecular weight excluding hydrogens is 354 g/mol. The summed E-state index contributed by atoms with van der Waals surface area (Å²) in [7, 11) is 1.84. The molecule has 2 heterocycles. The minimum Gasteiger partial charge on any atom is -0.341 e. The molecule has 1 spiro atoms. The lowest BCUT2D eigenvalue weighted by atomic mass is 9.69. The van der Waals surface area contributed by atoms with Crippen LogP contribution in [0.25, 0.3) is 10.9 Å². The molecule has 2 fully saturated rings. The van der Waals surface area contributed by atoms with Crippen LogP contribution in [0.5, 0.6) is 0 Å². The van der Waals surface area contributed by atoms with E-state index in [4.69, 9.17) is 4.98 Å². The number of halogens is 1. The summed E-state index contributed by atoms with van der Waals surface area (Å²) in [5.41, 5.74) is 2.37. The van der Waals surface area contributed by atoms with E-state index in [1.807, 2.05) is 26.1 Å². The number of fused-ring (bicyclic) bond motifs is 1. The van der Waals surface area contributed by atoms with E-state index in [9.17, 15) is 4.79 Å². The van der Waals surface area contributed by atoms with Crippen molar-refractivity contribution < 1.29 is 0 Å². The van der Waals surface area contributed by atoms with Crippen molar-refractivity contribution in [2.75, 3.05) is 18.0 Å². The fourth-order valence-corrected chi connectivity index (χ4v) is 4.93. The van der Waals surface area contributed by atoms with Gasteiger partial charge in [0.1, 0.15) is 0 Å². The monoisotopic (exact) mass is 375 g/mol. The molecule has 4 nitrogen and oxygen atoms in total. The van der Waals surface area contributed by atoms with Crippen LogP contribution in [-0.4, -0.2) is 22.6 Å². The van der Waals surface area contributed by atoms with Crippen molar-refractivity contribution >= 4 is 32.8 Å². The Bertz CT molecular complexity index is 828. The first kappa shape index (κ1) is 15.2. The van der Waals surface area contributed by atoms with Gasteiger partial charge in [-0.15, -0.1) is 0 Å². The molecule has 0 bridgehead atoms. The molecule has 2 aliphatic rings. The number of hydrogen-bond donors (Lipinski definition) is 0. The fraction of sp³-hybridized carbons (Fsp3) is 0.556. The fourth-order valence-electron chi connectivity index (χ4n) is 4.26. The van der Waals surface area contributed by atoms with Crippen LogP contribution in [-0.2, 0) is 7.05 Å². The van der Waals surface area contributed by atoms with Gasteiger partial charge < -0.3 is 4.90 Å². The Morgan fingerprint density at radius 1 is 1.17 bits per heavy atom. The third-order valence-corrected chi connectivity index (χ3v) is 6.11. The van der Waals surface area contributed by atoms with Gasteiger partial charge in [0.2, 0.25) is 5.95 Å². The SMILES string of the molecule is Cc1cc(Br)c2nc(N3CC4(CCCCC4)C3)n(C)c(=O)c2c1. The molecule has 2 aromatic rings. The van der Waals surface area contributed by atoms with Crippen molar-refractivity contribution in [1.82, 2.24) is 9.55 Å². The quantitative estimate of drug-likeness (QED) is 0.761. The maximum Gasteiger partial charge on any atom is 0.262 e. The van der Waals surface area contributed by atoms with Crippen LogP contribution < -0.4 is 10.5 Å². The minimum absolute atomic E-state index is 0.0407. The Morgan fingerprint density at radius 3 is 2.57 bits per heavy atom. The van der Waals surface area contributed by atoms with Gasteiger partial charge in [-0.3, -0.25) is 9.36 Å². The molecule has 0 N–H and O–H groups in total. The molecule has 1 saturated carbocycles. The molecule has 5 heteroatoms. The van der Waals surface area contributed by atoms with Crippen LogP contribution in [0.1, 0.15) is 37.7 Å². The summed E-state index contributed by atoms with van der Waals surface area (Å²) in [4.78, 5) is 19.8. The third kappa shape index (κ3) is 2.40. The lowest BCUT2D eigenvalue weighted by Crippen LogP contribution is -2.58. The van der Waals surface area contributed by atoms with Crippen molar-refractivity contribution in [2.45, 2.75) is 39.0 Å². The highest BCUT2D eigenvalue weighted by molar-refractivity contribution is 9.10. The van der Waals surface area contributed by atoms with Gasteiger partial charge in [-0.1, -0.05) is 19.3 Å². The van der Waals surface area contributed by atoms with Gasteiger partial charge in [0.05, 0.1) is 10.9 Å². The first-order valence-corrected chi connectivity index (χ1v) is 9.20. The molecule has 1 aromatic heterocycles. The molecule has 23 heavy (non-hydrogen) atoms. The van der Waals surface area contributed by atoms with Crippen LogP contribution in [0, 0.1) is 12.3 Å². The van der Waals surface area contributed by atoms with Gasteiger partial charge in [0, 0.05) is 30.0 Å². The second-order valence-electron chi connectivity index (χ2n) is 7.34. The van der Waals surface area contributed by atoms with E-state index in [0.29, 0.717) is 10.8 Å². The molecule has 0 unspecified atom stereocenters. The van der Waals surface area contributed by atoms with E-state index < -0.39 is 0 Å². The van der Waals surface area contributed by atoms with Gasteiger partial charge >= 0.3 is 0 Å². The molecule has 4 rings (SSSR count). The molecule has 0 radical (unpaired) electrons. The Hall–Kier alpha value is -1.36. The summed E-state index contributed by atoms with van der Waals surface area (Å²) in [6.45, 7) is 4.09. The Kier molecular flexibility index (Phi) is 3.52. The Morgan fingerprint density at radius 2 is 1.87 bits per heavy atom. The van der Waals surface area contributed by atoms with Crippen molar-refractivity contribution in [3.05, 3.63) is 32.5 Å². The average molecular weight is 376 g/mol. The lowest BCUT2D eigenvalue weighted by Gasteiger charge is -2.53. The van der Waals surface area contributed by atoms with Gasteiger partial charge in [-0.25, -0.2) is 4.98 Å². The maximum atomic E-state index is 12.7. The Labute approximate surface area is 144 Å². The standard InChI is InChI=1S/C18H22BrN3O/c1-12-8-13-15(14(19)9-12)20-17(21(2)16(13)23)22-10-18(11-22)6-4-3-5-7-18/h8-9H,3-7,10-11H2,1-2H3. The van der Waals surface area contributed by atoms with Gasteiger partial charge in [-0.05, 0) is 53.4 Å². The molecule has 1 aromatic carbocycles. The van der Waals surface area contributed by atoms with Crippen molar-refractivity contribution in [3.8, 4) is 0 Å². The Balaban J connectivity index is 1.74. The molecule has 0 atom stereocenters. The maximum absolute atomic E-state index is 12.7. The van der Waals surface area contributed by atoms with E-state index in [2.05, 4.69) is 20.8 Å². The second-order valence-corrected chi connectivity index (χ2v) is 8.19. The second kappa shape index (κ2) is 5.33. The van der Waals surface area contributed by atoms with Crippen LogP contribution in [0.2, 0.25) is 0 Å². The van der Waals surface area contributed by atoms with Crippen LogP contribution in [0.3, 0.4) is 0 Å². The summed E-state index contributed by atoms with van der Waals surface area (Å²) in [5, 5.41) is 0.691. The van der Waals surface area contributed by atoms with Crippen molar-refractivity contribution in [3.63, 3.8) is 0 Å². The lowest BCUT2D eigenvalue weighted by molar-refractivity contribution is 0.136. The number of benzene rings is 1. The number of aryl methyl sites for hydroxylation is 1. The zero-order valence-corrected chi connectivity index (χ0v) is 15.3. The zero-order chi connectivity index (χ0) is 16.2. The molecule has 1 aliphatic heterocycles. The molecule has 122 valence electrons. The van der Waals surface area contributed by atoms with E-state index in [1.165, 1.54) is 32.1 Å². The van der Waals surface area contributed by atoms with E-state index in [0.717, 1.165) is 34.6 Å². The first-order valence-electron chi connectivity index (χ1n) is 8.41. The van der Waals surface area contributed by atoms with Crippen LogP contribution in [0.15, 0.2) is 21.4 Å². The molecule has 1 saturated heterocycles. The summed E-state index contributed by atoms with van der Waals surface area (Å²) < 4.78 is 2.61. The minimum atomic E-state index is 0.0407. The van der Waals surface area contributed by atoms with Crippen molar-refractivity contribution in [2.24, 2.45) is 12.5 Å². The highest BCUT2D eigenvalue weighted by atomic mass is 79.9. The summed E-state index contributed by atoms with van der Waals surface area (Å²) in [6, 6.07) is 3.95. The number of hydrogen-bond acceptors (Lipinski definition) is 3. The normalized spacial score (nSPS) is 20.0. The average Bonchev–Trinajstić information content (AvgIpc) is 2.50. The molecule has 0 amide bonds. The topological polar surface area (TPSA) is 38.1 Å². The predicted octanol–water partition coefficient (Wildman–Crippen LogP) is 3.77. The van der Waals surface area contributed by atoms with Crippen LogP contribution in [0.4, 0.5) is 5.95 Å². The van der Waals surface area contributed by atoms with Crippen LogP contribution >= 0.6 is 15.9 Å². The third-order valence-electron chi connectivity index (χ3n) is 5.50. The number of nitrogens with zero attached hydrogens (tertiary/aromatic N) is 3. The predicted molar refractivity (Wildman–Crippen MR) is 97.2 cm³/mol. The zero-order valence-electron chi connectivity index (χ0n) is 13.7. The van der Waals surface area contributed by atoms with E-state index in [1.54, 1.807) is 4.57 Å². The van der Waals surface area contributed by atoms with Gasteiger partial charge in [-0.2, -0.15) is 0 Å². The smallest absolute Gasteiger partial charge is 0.262 e. The highest BCUT2D eigenvalue weighted by Gasteiger charge is 2.44. The molecular formula is C18H22BrN3O. The number of rotatable bonds is 1. The summed E-state index contributed by atoms with van der Waals surface area (Å²) in [5.74, 6) is 0.809. The van der Waals surface area contributed by atoms with Gasteiger partial charge in [0.15, 0.2) is 0 Å². The number of aromatic nitrogens is 2. The van der Waals surface area contributed by atoms with Gasteiger partial charge in [0.25, 0.3) is 5.56 Å². The number of anilines is 1. The molecule has 1 aliphatic carbocycles. The van der Waals surface area contributed by atoms with E-state index in [-0.39, 0.29) is 5.56 Å². The van der Waals surface area contributed by atoms with Crippen molar-refractivity contribution in [1.29, 1.82) is 0 Å². The highest BCUT2D eigenvalue weighted by Crippen LogP contribution is 2.45. The first-order chi connectivity index (χ1) is 11.0. The summed E-state index contributed by atoms with van der Waals surface area (Å²) in [6.07, 6.45) is 6.73. The van der Waals surface area contributed by atoms with E-state index >= 15 is 0 Å².